The van der Waals surface area contributed by atoms with Gasteiger partial charge in [0.15, 0.2) is 5.82 Å². The minimum absolute atomic E-state index is 0.0384. The van der Waals surface area contributed by atoms with E-state index in [0.717, 1.165) is 17.0 Å². The minimum Gasteiger partial charge on any atom is -0.382 e. The monoisotopic (exact) mass is 527 g/mol. The molecule has 0 spiro atoms. The zero-order valence-electron chi connectivity index (χ0n) is 18.8. The molecule has 3 aromatic rings. The molecule has 1 heterocycles. The summed E-state index contributed by atoms with van der Waals surface area (Å²) in [7, 11) is 1.51. The van der Waals surface area contributed by atoms with Crippen LogP contribution in [0.3, 0.4) is 0 Å². The molecule has 4 N–H and O–H groups in total. The van der Waals surface area contributed by atoms with Crippen molar-refractivity contribution < 1.29 is 26.3 Å². The predicted molar refractivity (Wildman–Crippen MR) is 128 cm³/mol. The van der Waals surface area contributed by atoms with Crippen LogP contribution >= 0.6 is 11.6 Å². The van der Waals surface area contributed by atoms with Gasteiger partial charge in [-0.3, -0.25) is 0 Å². The molecule has 2 aromatic carbocycles. The summed E-state index contributed by atoms with van der Waals surface area (Å²) in [5.74, 6) is 9.43. The molecule has 36 heavy (non-hydrogen) atoms. The number of fused-ring (bicyclic) bond motifs is 1. The van der Waals surface area contributed by atoms with Crippen LogP contribution < -0.4 is 21.5 Å². The largest absolute Gasteiger partial charge is 0.405 e. The second kappa shape index (κ2) is 9.26. The van der Waals surface area contributed by atoms with E-state index in [1.165, 1.54) is 36.3 Å². The van der Waals surface area contributed by atoms with Gasteiger partial charge < -0.3 is 15.6 Å². The summed E-state index contributed by atoms with van der Waals surface area (Å²) in [5, 5.41) is 2.27. The lowest BCUT2D eigenvalue weighted by atomic mass is 10.1. The highest BCUT2D eigenvalue weighted by Crippen LogP contribution is 2.57. The van der Waals surface area contributed by atoms with Crippen LogP contribution in [-0.2, 0) is 0 Å². The van der Waals surface area contributed by atoms with Crippen molar-refractivity contribution in [2.45, 2.75) is 25.4 Å². The van der Waals surface area contributed by atoms with Crippen LogP contribution in [0, 0.1) is 23.1 Å². The average Bonchev–Trinajstić information content (AvgIpc) is 3.56. The number of halogens is 7. The summed E-state index contributed by atoms with van der Waals surface area (Å²) >= 11 is 6.13. The predicted octanol–water partition coefficient (Wildman–Crippen LogP) is 6.02. The van der Waals surface area contributed by atoms with Gasteiger partial charge in [0.25, 0.3) is 6.43 Å². The summed E-state index contributed by atoms with van der Waals surface area (Å²) in [4.78, 5) is 5.30. The van der Waals surface area contributed by atoms with Crippen LogP contribution in [0.2, 0.25) is 5.02 Å². The van der Waals surface area contributed by atoms with Gasteiger partial charge in [-0.05, 0) is 49.2 Å². The number of benzene rings is 2. The quantitative estimate of drug-likeness (QED) is 0.184. The molecule has 0 unspecified atom stereocenters. The molecule has 1 aliphatic rings. The van der Waals surface area contributed by atoms with Gasteiger partial charge in [0.2, 0.25) is 0 Å². The summed E-state index contributed by atoms with van der Waals surface area (Å²) in [6, 6.07) is 7.72. The standard InChI is InChI=1S/C24H20ClF6N5/c1-35(33)20-18-10-14(25)2-3-17(18)22(34-21(20)32)36(12-19(27)28)16-9-13(8-15(26)11-16)4-5-23(6-7-23)24(29,30)31/h2-3,8-11,19H,6-7,12,33H2,1H3,(H2,32,34). The van der Waals surface area contributed by atoms with Gasteiger partial charge in [0, 0.05) is 34.1 Å². The lowest BCUT2D eigenvalue weighted by molar-refractivity contribution is -0.168. The van der Waals surface area contributed by atoms with Crippen molar-refractivity contribution in [3.63, 3.8) is 0 Å². The molecule has 0 amide bonds. The van der Waals surface area contributed by atoms with E-state index >= 15 is 0 Å². The molecule has 4 rings (SSSR count). The summed E-state index contributed by atoms with van der Waals surface area (Å²) < 4.78 is 81.6. The van der Waals surface area contributed by atoms with E-state index in [9.17, 15) is 26.3 Å². The molecule has 12 heteroatoms. The number of nitrogens with zero attached hydrogens (tertiary/aromatic N) is 3. The molecule has 0 aliphatic heterocycles. The molecule has 0 atom stereocenters. The highest BCUT2D eigenvalue weighted by atomic mass is 35.5. The first kappa shape index (κ1) is 25.7. The molecule has 190 valence electrons. The number of anilines is 4. The number of hydrogen-bond donors (Lipinski definition) is 2. The zero-order chi connectivity index (χ0) is 26.4. The first-order chi connectivity index (χ1) is 16.8. The Morgan fingerprint density at radius 3 is 2.42 bits per heavy atom. The Kier molecular flexibility index (Phi) is 6.62. The van der Waals surface area contributed by atoms with Crippen LogP contribution in [-0.4, -0.2) is 31.2 Å². The van der Waals surface area contributed by atoms with Crippen molar-refractivity contribution in [2.75, 3.05) is 29.2 Å². The van der Waals surface area contributed by atoms with E-state index in [4.69, 9.17) is 23.2 Å². The Hall–Kier alpha value is -3.36. The molecule has 5 nitrogen and oxygen atoms in total. The third-order valence-corrected chi connectivity index (χ3v) is 6.04. The molecular formula is C24H20ClF6N5. The van der Waals surface area contributed by atoms with Crippen molar-refractivity contribution in [2.24, 2.45) is 11.3 Å². The van der Waals surface area contributed by atoms with E-state index in [0.29, 0.717) is 21.5 Å². The first-order valence-electron chi connectivity index (χ1n) is 10.6. The molecule has 1 aromatic heterocycles. The van der Waals surface area contributed by atoms with Crippen molar-refractivity contribution in [1.29, 1.82) is 0 Å². The van der Waals surface area contributed by atoms with Gasteiger partial charge in [-0.15, -0.1) is 0 Å². The molecular weight excluding hydrogens is 508 g/mol. The van der Waals surface area contributed by atoms with Crippen molar-refractivity contribution in [3.05, 3.63) is 52.8 Å². The number of hydrogen-bond acceptors (Lipinski definition) is 5. The van der Waals surface area contributed by atoms with Gasteiger partial charge in [0.1, 0.15) is 22.7 Å². The van der Waals surface area contributed by atoms with Gasteiger partial charge in [-0.2, -0.15) is 13.2 Å². The molecule has 0 bridgehead atoms. The van der Waals surface area contributed by atoms with Crippen molar-refractivity contribution >= 4 is 45.4 Å². The average molecular weight is 528 g/mol. The lowest BCUT2D eigenvalue weighted by Gasteiger charge is -2.27. The van der Waals surface area contributed by atoms with Crippen LogP contribution in [0.25, 0.3) is 10.8 Å². The summed E-state index contributed by atoms with van der Waals surface area (Å²) in [6.07, 6.45) is -7.70. The van der Waals surface area contributed by atoms with Gasteiger partial charge in [-0.25, -0.2) is 24.0 Å². The Labute approximate surface area is 207 Å². The van der Waals surface area contributed by atoms with Gasteiger partial charge >= 0.3 is 6.18 Å². The molecule has 1 aliphatic carbocycles. The Bertz CT molecular complexity index is 1380. The van der Waals surface area contributed by atoms with E-state index in [-0.39, 0.29) is 35.7 Å². The van der Waals surface area contributed by atoms with Crippen LogP contribution in [0.5, 0.6) is 0 Å². The van der Waals surface area contributed by atoms with Crippen LogP contribution in [0.4, 0.5) is 49.4 Å². The number of nitrogen functional groups attached to an aromatic ring is 1. The van der Waals surface area contributed by atoms with Crippen molar-refractivity contribution in [3.8, 4) is 11.8 Å². The van der Waals surface area contributed by atoms with E-state index in [1.807, 2.05) is 0 Å². The second-order valence-corrected chi connectivity index (χ2v) is 8.94. The number of rotatable bonds is 5. The summed E-state index contributed by atoms with van der Waals surface area (Å²) in [6.45, 7) is -0.912. The first-order valence-corrected chi connectivity index (χ1v) is 11.0. The Balaban J connectivity index is 1.88. The van der Waals surface area contributed by atoms with Crippen molar-refractivity contribution in [1.82, 2.24) is 4.98 Å². The second-order valence-electron chi connectivity index (χ2n) is 8.50. The molecule has 1 saturated carbocycles. The highest BCUT2D eigenvalue weighted by Gasteiger charge is 2.62. The normalized spacial score (nSPS) is 14.5. The number of pyridine rings is 1. The topological polar surface area (TPSA) is 71.4 Å². The third-order valence-electron chi connectivity index (χ3n) is 5.81. The molecule has 0 radical (unpaired) electrons. The zero-order valence-corrected chi connectivity index (χ0v) is 19.6. The fourth-order valence-corrected chi connectivity index (χ4v) is 4.07. The van der Waals surface area contributed by atoms with Gasteiger partial charge in [-0.1, -0.05) is 23.4 Å². The minimum atomic E-state index is -4.52. The fourth-order valence-electron chi connectivity index (χ4n) is 3.90. The SMILES string of the molecule is CN(N)c1c(N)nc(N(CC(F)F)c2cc(F)cc(C#CC3(C(F)(F)F)CC3)c2)c2ccc(Cl)cc12. The number of nitrogens with two attached hydrogens (primary N) is 2. The maximum Gasteiger partial charge on any atom is 0.405 e. The third kappa shape index (κ3) is 4.96. The Morgan fingerprint density at radius 1 is 1.14 bits per heavy atom. The van der Waals surface area contributed by atoms with E-state index < -0.39 is 30.4 Å². The highest BCUT2D eigenvalue weighted by molar-refractivity contribution is 6.31. The van der Waals surface area contributed by atoms with Crippen LogP contribution in [0.1, 0.15) is 18.4 Å². The maximum atomic E-state index is 14.5. The number of alkyl halides is 5. The molecule has 0 saturated heterocycles. The van der Waals surface area contributed by atoms with Crippen LogP contribution in [0.15, 0.2) is 36.4 Å². The van der Waals surface area contributed by atoms with Gasteiger partial charge in [0.05, 0.1) is 6.54 Å². The summed E-state index contributed by atoms with van der Waals surface area (Å²) in [5.41, 5.74) is 4.07. The molecule has 1 fully saturated rings. The maximum absolute atomic E-state index is 14.5. The smallest absolute Gasteiger partial charge is 0.382 e. The number of hydrazine groups is 1. The van der Waals surface area contributed by atoms with E-state index in [1.54, 1.807) is 0 Å². The fraction of sp³-hybridized carbons (Fsp3) is 0.292. The Morgan fingerprint density at radius 2 is 1.83 bits per heavy atom. The lowest BCUT2D eigenvalue weighted by Crippen LogP contribution is -2.29. The van der Waals surface area contributed by atoms with E-state index in [2.05, 4.69) is 16.8 Å². The number of aromatic nitrogens is 1.